The molecule has 2 aromatic heterocycles. The fourth-order valence-corrected chi connectivity index (χ4v) is 5.27. The molecule has 0 aliphatic carbocycles. The van der Waals surface area contributed by atoms with Gasteiger partial charge in [0.15, 0.2) is 0 Å². The number of rotatable bonds is 7. The summed E-state index contributed by atoms with van der Waals surface area (Å²) in [6.07, 6.45) is 0. The number of fused-ring (bicyclic) bond motifs is 3. The van der Waals surface area contributed by atoms with Gasteiger partial charge in [-0.3, -0.25) is 14.5 Å². The Labute approximate surface area is 224 Å². The van der Waals surface area contributed by atoms with Crippen LogP contribution >= 0.6 is 0 Å². The highest BCUT2D eigenvalue weighted by molar-refractivity contribution is 6.10. The van der Waals surface area contributed by atoms with Crippen LogP contribution in [0, 0.1) is 10.1 Å². The van der Waals surface area contributed by atoms with Gasteiger partial charge in [-0.1, -0.05) is 72.8 Å². The average molecular weight is 516 g/mol. The number of hydrogen-bond acceptors (Lipinski definition) is 4. The number of aromatic nitrogens is 2. The Balaban J connectivity index is 1.79. The van der Waals surface area contributed by atoms with Crippen molar-refractivity contribution in [1.29, 1.82) is 0 Å². The second-order valence-corrected chi connectivity index (χ2v) is 9.21. The van der Waals surface area contributed by atoms with Crippen molar-refractivity contribution in [2.45, 2.75) is 13.5 Å². The number of nitro benzene ring substituents is 1. The van der Waals surface area contributed by atoms with Crippen LogP contribution in [0.5, 0.6) is 0 Å². The maximum absolute atomic E-state index is 13.7. The molecule has 6 rings (SSSR count). The van der Waals surface area contributed by atoms with Gasteiger partial charge in [-0.15, -0.1) is 0 Å². The van der Waals surface area contributed by atoms with Crippen molar-refractivity contribution in [3.8, 4) is 22.4 Å². The van der Waals surface area contributed by atoms with Crippen LogP contribution in [-0.2, 0) is 11.3 Å². The SMILES string of the molecule is CCOC(=O)c1c(-c2ccccc2)c2n(Cc3ccccc3)c3ccccc3n2c1-c1ccc([N+](=O)[O-])cc1. The number of carbonyl (C=O) groups excluding carboxylic acids is 1. The van der Waals surface area contributed by atoms with Crippen LogP contribution in [0.15, 0.2) is 109 Å². The molecule has 4 aromatic carbocycles. The van der Waals surface area contributed by atoms with Crippen molar-refractivity contribution in [1.82, 2.24) is 8.97 Å². The monoisotopic (exact) mass is 515 g/mol. The lowest BCUT2D eigenvalue weighted by Gasteiger charge is -2.11. The van der Waals surface area contributed by atoms with E-state index in [0.29, 0.717) is 23.4 Å². The van der Waals surface area contributed by atoms with E-state index in [1.807, 2.05) is 66.7 Å². The number of para-hydroxylation sites is 2. The Morgan fingerprint density at radius 2 is 1.41 bits per heavy atom. The zero-order chi connectivity index (χ0) is 26.9. The third-order valence-electron chi connectivity index (χ3n) is 6.89. The molecule has 192 valence electrons. The van der Waals surface area contributed by atoms with Gasteiger partial charge in [0.1, 0.15) is 5.65 Å². The molecule has 39 heavy (non-hydrogen) atoms. The second kappa shape index (κ2) is 9.95. The van der Waals surface area contributed by atoms with E-state index < -0.39 is 10.9 Å². The molecule has 0 fully saturated rings. The van der Waals surface area contributed by atoms with Crippen molar-refractivity contribution in [2.75, 3.05) is 6.61 Å². The first-order chi connectivity index (χ1) is 19.1. The summed E-state index contributed by atoms with van der Waals surface area (Å²) < 4.78 is 9.93. The molecule has 0 saturated carbocycles. The Morgan fingerprint density at radius 3 is 2.05 bits per heavy atom. The van der Waals surface area contributed by atoms with Crippen molar-refractivity contribution >= 4 is 28.3 Å². The zero-order valence-corrected chi connectivity index (χ0v) is 21.3. The normalized spacial score (nSPS) is 11.2. The van der Waals surface area contributed by atoms with Gasteiger partial charge < -0.3 is 9.30 Å². The van der Waals surface area contributed by atoms with E-state index in [1.54, 1.807) is 19.1 Å². The van der Waals surface area contributed by atoms with Gasteiger partial charge >= 0.3 is 5.97 Å². The molecule has 0 saturated heterocycles. The Morgan fingerprint density at radius 1 is 0.795 bits per heavy atom. The number of nitro groups is 1. The lowest BCUT2D eigenvalue weighted by molar-refractivity contribution is -0.384. The summed E-state index contributed by atoms with van der Waals surface area (Å²) in [5, 5.41) is 11.4. The van der Waals surface area contributed by atoms with Gasteiger partial charge in [0.25, 0.3) is 5.69 Å². The van der Waals surface area contributed by atoms with Crippen molar-refractivity contribution in [3.05, 3.63) is 130 Å². The minimum Gasteiger partial charge on any atom is -0.462 e. The quantitative estimate of drug-likeness (QED) is 0.126. The van der Waals surface area contributed by atoms with Gasteiger partial charge in [0, 0.05) is 24.2 Å². The largest absolute Gasteiger partial charge is 0.462 e. The van der Waals surface area contributed by atoms with Crippen LogP contribution in [0.4, 0.5) is 5.69 Å². The standard InChI is InChI=1S/C32H25N3O4/c1-2-39-32(36)29-28(23-13-7-4-8-14-23)31-33(21-22-11-5-3-6-12-22)26-15-9-10-16-27(26)34(31)30(29)24-17-19-25(20-18-24)35(37)38/h3-20H,2,21H2,1H3. The second-order valence-electron chi connectivity index (χ2n) is 9.21. The predicted molar refractivity (Wildman–Crippen MR) is 152 cm³/mol. The Kier molecular flexibility index (Phi) is 6.17. The van der Waals surface area contributed by atoms with E-state index in [0.717, 1.165) is 33.4 Å². The van der Waals surface area contributed by atoms with Crippen molar-refractivity contribution in [2.24, 2.45) is 0 Å². The molecular weight excluding hydrogens is 490 g/mol. The molecule has 0 bridgehead atoms. The summed E-state index contributed by atoms with van der Waals surface area (Å²) in [7, 11) is 0. The molecule has 0 N–H and O–H groups in total. The summed E-state index contributed by atoms with van der Waals surface area (Å²) in [5.41, 5.74) is 7.27. The van der Waals surface area contributed by atoms with Gasteiger partial charge in [0.05, 0.1) is 33.8 Å². The van der Waals surface area contributed by atoms with Crippen LogP contribution in [-0.4, -0.2) is 26.5 Å². The molecule has 0 radical (unpaired) electrons. The summed E-state index contributed by atoms with van der Waals surface area (Å²) >= 11 is 0. The number of nitrogens with zero attached hydrogens (tertiary/aromatic N) is 3. The fourth-order valence-electron chi connectivity index (χ4n) is 5.27. The smallest absolute Gasteiger partial charge is 0.341 e. The molecule has 7 nitrogen and oxygen atoms in total. The molecule has 0 aliphatic heterocycles. The number of ether oxygens (including phenoxy) is 1. The van der Waals surface area contributed by atoms with E-state index in [9.17, 15) is 14.9 Å². The summed E-state index contributed by atoms with van der Waals surface area (Å²) in [6.45, 7) is 2.59. The minimum absolute atomic E-state index is 0.0148. The van der Waals surface area contributed by atoms with Crippen LogP contribution in [0.25, 0.3) is 39.1 Å². The number of non-ortho nitro benzene ring substituents is 1. The lowest BCUT2D eigenvalue weighted by Crippen LogP contribution is -2.08. The van der Waals surface area contributed by atoms with E-state index in [-0.39, 0.29) is 12.3 Å². The molecule has 0 atom stereocenters. The Bertz CT molecular complexity index is 1820. The highest BCUT2D eigenvalue weighted by Crippen LogP contribution is 2.43. The first kappa shape index (κ1) is 24.2. The van der Waals surface area contributed by atoms with Crippen molar-refractivity contribution < 1.29 is 14.5 Å². The molecule has 0 unspecified atom stereocenters. The number of esters is 1. The third-order valence-corrected chi connectivity index (χ3v) is 6.89. The zero-order valence-electron chi connectivity index (χ0n) is 21.3. The first-order valence-corrected chi connectivity index (χ1v) is 12.8. The van der Waals surface area contributed by atoms with Crippen LogP contribution in [0.3, 0.4) is 0 Å². The van der Waals surface area contributed by atoms with Gasteiger partial charge in [-0.2, -0.15) is 0 Å². The molecule has 7 heteroatoms. The molecule has 0 spiro atoms. The lowest BCUT2D eigenvalue weighted by atomic mass is 9.99. The summed E-state index contributed by atoms with van der Waals surface area (Å²) in [4.78, 5) is 24.7. The van der Waals surface area contributed by atoms with Crippen LogP contribution in [0.2, 0.25) is 0 Å². The predicted octanol–water partition coefficient (Wildman–Crippen LogP) is 7.36. The van der Waals surface area contributed by atoms with E-state index in [4.69, 9.17) is 4.74 Å². The fraction of sp³-hybridized carbons (Fsp3) is 0.0938. The molecule has 0 aliphatic rings. The number of imidazole rings is 1. The highest BCUT2D eigenvalue weighted by atomic mass is 16.6. The number of hydrogen-bond donors (Lipinski definition) is 0. The van der Waals surface area contributed by atoms with Gasteiger partial charge in [0.2, 0.25) is 0 Å². The minimum atomic E-state index is -0.441. The number of benzene rings is 4. The van der Waals surface area contributed by atoms with E-state index in [2.05, 4.69) is 27.2 Å². The third kappa shape index (κ3) is 4.14. The highest BCUT2D eigenvalue weighted by Gasteiger charge is 2.31. The topological polar surface area (TPSA) is 78.8 Å². The molecule has 0 amide bonds. The van der Waals surface area contributed by atoms with Crippen molar-refractivity contribution in [3.63, 3.8) is 0 Å². The molecule has 6 aromatic rings. The summed E-state index contributed by atoms with van der Waals surface area (Å²) in [5.74, 6) is -0.441. The van der Waals surface area contributed by atoms with E-state index >= 15 is 0 Å². The maximum atomic E-state index is 13.7. The number of carbonyl (C=O) groups is 1. The van der Waals surface area contributed by atoms with Gasteiger partial charge in [-0.05, 0) is 47.9 Å². The average Bonchev–Trinajstić information content (AvgIpc) is 3.48. The van der Waals surface area contributed by atoms with Crippen LogP contribution in [0.1, 0.15) is 22.8 Å². The van der Waals surface area contributed by atoms with Gasteiger partial charge in [-0.25, -0.2) is 4.79 Å². The Hall–Kier alpha value is -5.17. The van der Waals surface area contributed by atoms with E-state index in [1.165, 1.54) is 12.1 Å². The maximum Gasteiger partial charge on any atom is 0.341 e. The summed E-state index contributed by atoms with van der Waals surface area (Å²) in [6, 6.07) is 34.4. The molecular formula is C32H25N3O4. The molecule has 2 heterocycles. The van der Waals surface area contributed by atoms with Crippen LogP contribution < -0.4 is 0 Å². The first-order valence-electron chi connectivity index (χ1n) is 12.8.